The minimum Gasteiger partial charge on any atom is -0.498 e. The standard InChI is InChI=1S/C11H11NO2/c1-2-8-14-11(9-12-13)10-6-4-3-5-7-10/h2-7,11H,1,8H2. The zero-order valence-corrected chi connectivity index (χ0v) is 7.72. The molecule has 0 aliphatic carbocycles. The first-order valence-electron chi connectivity index (χ1n) is 4.24. The summed E-state index contributed by atoms with van der Waals surface area (Å²) in [6, 6.07) is 11.7. The average Bonchev–Trinajstić information content (AvgIpc) is 2.25. The van der Waals surface area contributed by atoms with Crippen LogP contribution in [0.5, 0.6) is 0 Å². The summed E-state index contributed by atoms with van der Waals surface area (Å²) in [6.45, 7) is 3.89. The minimum atomic E-state index is -0.508. The third-order valence-electron chi connectivity index (χ3n) is 1.65. The summed E-state index contributed by atoms with van der Waals surface area (Å²) in [6.07, 6.45) is 1.11. The molecular weight excluding hydrogens is 178 g/mol. The smallest absolute Gasteiger partial charge is 0.335 e. The molecule has 0 heterocycles. The van der Waals surface area contributed by atoms with Gasteiger partial charge in [-0.05, 0) is 5.56 Å². The topological polar surface area (TPSA) is 36.6 Å². The van der Waals surface area contributed by atoms with Gasteiger partial charge in [-0.25, -0.2) is 0 Å². The van der Waals surface area contributed by atoms with Gasteiger partial charge >= 0.3 is 6.07 Å². The zero-order chi connectivity index (χ0) is 10.2. The SMILES string of the molecule is C=CCOC(C#[N+][O-])c1ccccc1. The number of benzene rings is 1. The van der Waals surface area contributed by atoms with Crippen LogP contribution in [0.2, 0.25) is 0 Å². The second kappa shape index (κ2) is 5.79. The van der Waals surface area contributed by atoms with Gasteiger partial charge < -0.3 is 9.94 Å². The van der Waals surface area contributed by atoms with Crippen molar-refractivity contribution in [2.75, 3.05) is 6.61 Å². The van der Waals surface area contributed by atoms with E-state index in [-0.39, 0.29) is 0 Å². The highest BCUT2D eigenvalue weighted by molar-refractivity contribution is 5.23. The highest BCUT2D eigenvalue weighted by Gasteiger charge is 2.13. The first kappa shape index (κ1) is 10.3. The summed E-state index contributed by atoms with van der Waals surface area (Å²) < 4.78 is 5.29. The number of rotatable bonds is 4. The van der Waals surface area contributed by atoms with E-state index in [4.69, 9.17) is 4.74 Å². The molecule has 3 heteroatoms. The normalized spacial score (nSPS) is 11.1. The summed E-state index contributed by atoms with van der Waals surface area (Å²) in [5.74, 6) is 0. The summed E-state index contributed by atoms with van der Waals surface area (Å²) in [7, 11) is 0. The molecule has 0 fully saturated rings. The minimum absolute atomic E-state index is 0.363. The lowest BCUT2D eigenvalue weighted by molar-refractivity contribution is 0.117. The summed E-state index contributed by atoms with van der Waals surface area (Å²) >= 11 is 0. The lowest BCUT2D eigenvalue weighted by Crippen LogP contribution is -2.01. The fourth-order valence-electron chi connectivity index (χ4n) is 1.05. The Morgan fingerprint density at radius 2 is 2.21 bits per heavy atom. The Morgan fingerprint density at radius 1 is 1.50 bits per heavy atom. The third kappa shape index (κ3) is 2.92. The molecule has 1 aromatic carbocycles. The van der Waals surface area contributed by atoms with Crippen LogP contribution in [0.15, 0.2) is 43.0 Å². The molecule has 0 radical (unpaired) electrons. The Bertz CT molecular complexity index is 337. The van der Waals surface area contributed by atoms with E-state index in [0.717, 1.165) is 5.56 Å². The lowest BCUT2D eigenvalue weighted by atomic mass is 10.1. The van der Waals surface area contributed by atoms with Gasteiger partial charge in [-0.3, -0.25) is 0 Å². The van der Waals surface area contributed by atoms with Crippen LogP contribution in [0.1, 0.15) is 11.7 Å². The predicted molar refractivity (Wildman–Crippen MR) is 55.9 cm³/mol. The van der Waals surface area contributed by atoms with Crippen LogP contribution in [0, 0.1) is 11.3 Å². The van der Waals surface area contributed by atoms with Gasteiger partial charge in [0, 0.05) is 5.01 Å². The van der Waals surface area contributed by atoms with E-state index in [2.05, 4.69) is 17.7 Å². The van der Waals surface area contributed by atoms with Crippen LogP contribution < -0.4 is 0 Å². The van der Waals surface area contributed by atoms with E-state index in [1.54, 1.807) is 6.08 Å². The van der Waals surface area contributed by atoms with Crippen LogP contribution in [0.4, 0.5) is 0 Å². The van der Waals surface area contributed by atoms with Gasteiger partial charge in [0.15, 0.2) is 0 Å². The van der Waals surface area contributed by atoms with E-state index in [1.165, 1.54) is 0 Å². The van der Waals surface area contributed by atoms with Crippen molar-refractivity contribution in [3.8, 4) is 6.07 Å². The lowest BCUT2D eigenvalue weighted by Gasteiger charge is -2.05. The molecule has 14 heavy (non-hydrogen) atoms. The predicted octanol–water partition coefficient (Wildman–Crippen LogP) is 2.76. The van der Waals surface area contributed by atoms with Crippen molar-refractivity contribution in [3.05, 3.63) is 58.8 Å². The molecule has 3 nitrogen and oxygen atoms in total. The molecule has 1 atom stereocenters. The molecule has 72 valence electrons. The zero-order valence-electron chi connectivity index (χ0n) is 7.72. The second-order valence-corrected chi connectivity index (χ2v) is 2.63. The molecule has 0 amide bonds. The quantitative estimate of drug-likeness (QED) is 0.539. The number of hydrogen-bond donors (Lipinski definition) is 0. The summed E-state index contributed by atoms with van der Waals surface area (Å²) in [4.78, 5) is 0. The largest absolute Gasteiger partial charge is 0.498 e. The van der Waals surface area contributed by atoms with Crippen LogP contribution in [0.3, 0.4) is 0 Å². The van der Waals surface area contributed by atoms with Crippen LogP contribution >= 0.6 is 0 Å². The molecule has 1 aromatic rings. The van der Waals surface area contributed by atoms with Crippen molar-refractivity contribution >= 4 is 0 Å². The van der Waals surface area contributed by atoms with Crippen molar-refractivity contribution in [2.24, 2.45) is 0 Å². The van der Waals surface area contributed by atoms with Gasteiger partial charge in [-0.15, -0.1) is 6.58 Å². The van der Waals surface area contributed by atoms with Crippen LogP contribution in [-0.2, 0) is 4.74 Å². The van der Waals surface area contributed by atoms with Crippen molar-refractivity contribution in [1.82, 2.24) is 0 Å². The molecule has 0 aromatic heterocycles. The van der Waals surface area contributed by atoms with Crippen LogP contribution in [-0.4, -0.2) is 6.61 Å². The molecule has 0 bridgehead atoms. The van der Waals surface area contributed by atoms with Gasteiger partial charge in [0.1, 0.15) is 0 Å². The van der Waals surface area contributed by atoms with Gasteiger partial charge in [0.2, 0.25) is 6.10 Å². The van der Waals surface area contributed by atoms with E-state index >= 15 is 0 Å². The fraction of sp³-hybridized carbons (Fsp3) is 0.182. The Balaban J connectivity index is 2.76. The third-order valence-corrected chi connectivity index (χ3v) is 1.65. The maximum Gasteiger partial charge on any atom is 0.335 e. The van der Waals surface area contributed by atoms with Crippen molar-refractivity contribution < 1.29 is 4.74 Å². The molecular formula is C11H11NO2. The molecule has 0 spiro atoms. The molecule has 0 saturated carbocycles. The highest BCUT2D eigenvalue weighted by Crippen LogP contribution is 2.15. The molecule has 0 aliphatic rings. The number of ether oxygens (including phenoxy) is 1. The van der Waals surface area contributed by atoms with Gasteiger partial charge in [0.05, 0.1) is 6.61 Å². The van der Waals surface area contributed by atoms with Gasteiger partial charge in [0.25, 0.3) is 0 Å². The monoisotopic (exact) mass is 189 g/mol. The maximum atomic E-state index is 10.1. The summed E-state index contributed by atoms with van der Waals surface area (Å²) in [5, 5.41) is 12.7. The Labute approximate surface area is 83.0 Å². The maximum absolute atomic E-state index is 10.1. The van der Waals surface area contributed by atoms with Crippen molar-refractivity contribution in [3.63, 3.8) is 0 Å². The highest BCUT2D eigenvalue weighted by atomic mass is 16.5. The van der Waals surface area contributed by atoms with E-state index in [0.29, 0.717) is 6.61 Å². The second-order valence-electron chi connectivity index (χ2n) is 2.63. The fourth-order valence-corrected chi connectivity index (χ4v) is 1.05. The van der Waals surface area contributed by atoms with E-state index < -0.39 is 6.10 Å². The average molecular weight is 189 g/mol. The van der Waals surface area contributed by atoms with E-state index in [9.17, 15) is 5.21 Å². The Kier molecular flexibility index (Phi) is 4.25. The Hall–Kier alpha value is -1.79. The number of nitrogens with zero attached hydrogens (tertiary/aromatic N) is 1. The Morgan fingerprint density at radius 3 is 2.79 bits per heavy atom. The molecule has 0 saturated heterocycles. The molecule has 1 rings (SSSR count). The van der Waals surface area contributed by atoms with Crippen molar-refractivity contribution in [1.29, 1.82) is 0 Å². The molecule has 0 N–H and O–H groups in total. The number of hydrogen-bond acceptors (Lipinski definition) is 2. The van der Waals surface area contributed by atoms with Gasteiger partial charge in [-0.2, -0.15) is 0 Å². The van der Waals surface area contributed by atoms with Crippen LogP contribution in [0.25, 0.3) is 5.01 Å². The molecule has 0 aliphatic heterocycles. The first-order chi connectivity index (χ1) is 6.88. The van der Waals surface area contributed by atoms with E-state index in [1.807, 2.05) is 30.3 Å². The molecule has 1 unspecified atom stereocenters. The first-order valence-corrected chi connectivity index (χ1v) is 4.24. The summed E-state index contributed by atoms with van der Waals surface area (Å²) in [5.41, 5.74) is 0.856. The van der Waals surface area contributed by atoms with Gasteiger partial charge in [-0.1, -0.05) is 36.4 Å². The van der Waals surface area contributed by atoms with Crippen molar-refractivity contribution in [2.45, 2.75) is 6.10 Å².